The Morgan fingerprint density at radius 2 is 2.09 bits per heavy atom. The summed E-state index contributed by atoms with van der Waals surface area (Å²) in [7, 11) is 0. The Morgan fingerprint density at radius 1 is 1.45 bits per heavy atom. The van der Waals surface area contributed by atoms with Gasteiger partial charge in [0.05, 0.1) is 6.10 Å². The predicted molar refractivity (Wildman–Crippen MR) is 47.3 cm³/mol. The minimum absolute atomic E-state index is 0.0922. The molecule has 0 amide bonds. The van der Waals surface area contributed by atoms with Crippen molar-refractivity contribution in [1.82, 2.24) is 0 Å². The molecule has 11 heavy (non-hydrogen) atoms. The van der Waals surface area contributed by atoms with Crippen LogP contribution in [-0.2, 0) is 0 Å². The van der Waals surface area contributed by atoms with Crippen molar-refractivity contribution in [3.8, 4) is 0 Å². The zero-order valence-electron chi connectivity index (χ0n) is 7.51. The topological polar surface area (TPSA) is 20.2 Å². The van der Waals surface area contributed by atoms with E-state index in [0.717, 1.165) is 12.8 Å². The highest BCUT2D eigenvalue weighted by Gasteiger charge is 2.25. The number of aliphatic hydroxyl groups is 1. The van der Waals surface area contributed by atoms with Crippen LogP contribution in [0.5, 0.6) is 0 Å². The molecule has 0 heterocycles. The maximum absolute atomic E-state index is 9.56. The van der Waals surface area contributed by atoms with Gasteiger partial charge in [-0.2, -0.15) is 0 Å². The van der Waals surface area contributed by atoms with E-state index in [0.29, 0.717) is 11.8 Å². The average Bonchev–Trinajstić information content (AvgIpc) is 1.94. The Hall–Kier alpha value is -0.300. The zero-order chi connectivity index (χ0) is 8.43. The van der Waals surface area contributed by atoms with Crippen LogP contribution in [0.3, 0.4) is 0 Å². The van der Waals surface area contributed by atoms with Crippen LogP contribution < -0.4 is 0 Å². The van der Waals surface area contributed by atoms with Gasteiger partial charge in [-0.1, -0.05) is 19.1 Å². The van der Waals surface area contributed by atoms with Crippen molar-refractivity contribution < 1.29 is 5.11 Å². The first kappa shape index (κ1) is 8.79. The molecule has 0 bridgehead atoms. The lowest BCUT2D eigenvalue weighted by Gasteiger charge is -2.31. The molecule has 0 aromatic heterocycles. The quantitative estimate of drug-likeness (QED) is 0.575. The van der Waals surface area contributed by atoms with E-state index < -0.39 is 0 Å². The van der Waals surface area contributed by atoms with Crippen LogP contribution in [0.2, 0.25) is 0 Å². The smallest absolute Gasteiger partial charge is 0.0571 e. The van der Waals surface area contributed by atoms with E-state index in [-0.39, 0.29) is 6.10 Å². The molecule has 0 spiro atoms. The molecule has 1 saturated carbocycles. The van der Waals surface area contributed by atoms with E-state index in [9.17, 15) is 5.11 Å². The predicted octanol–water partition coefficient (Wildman–Crippen LogP) is 2.36. The molecular weight excluding hydrogens is 136 g/mol. The standard InChI is InChI=1S/C10H18O/c1-7(2)9-5-4-8(3)10(11)6-9/h8-11H,1,4-6H2,2-3H3/t8?,9-,10+/m1/s1. The van der Waals surface area contributed by atoms with Crippen molar-refractivity contribution in [3.05, 3.63) is 12.2 Å². The molecule has 0 aromatic rings. The number of hydrogen-bond acceptors (Lipinski definition) is 1. The molecular formula is C10H18O. The third-order valence-electron chi connectivity index (χ3n) is 2.85. The van der Waals surface area contributed by atoms with Gasteiger partial charge in [-0.25, -0.2) is 0 Å². The lowest BCUT2D eigenvalue weighted by atomic mass is 9.78. The van der Waals surface area contributed by atoms with E-state index in [1.807, 2.05) is 0 Å². The molecule has 1 N–H and O–H groups in total. The summed E-state index contributed by atoms with van der Waals surface area (Å²) in [6, 6.07) is 0. The summed E-state index contributed by atoms with van der Waals surface area (Å²) >= 11 is 0. The van der Waals surface area contributed by atoms with Crippen LogP contribution in [0, 0.1) is 11.8 Å². The zero-order valence-corrected chi connectivity index (χ0v) is 7.51. The fraction of sp³-hybridized carbons (Fsp3) is 0.800. The Balaban J connectivity index is 2.46. The summed E-state index contributed by atoms with van der Waals surface area (Å²) in [4.78, 5) is 0. The largest absolute Gasteiger partial charge is 0.393 e. The van der Waals surface area contributed by atoms with Crippen molar-refractivity contribution in [3.63, 3.8) is 0 Å². The molecule has 1 fully saturated rings. The van der Waals surface area contributed by atoms with Crippen LogP contribution in [0.1, 0.15) is 33.1 Å². The first-order valence-corrected chi connectivity index (χ1v) is 4.44. The first-order chi connectivity index (χ1) is 5.11. The lowest BCUT2D eigenvalue weighted by molar-refractivity contribution is 0.0614. The van der Waals surface area contributed by atoms with Crippen molar-refractivity contribution >= 4 is 0 Å². The molecule has 64 valence electrons. The summed E-state index contributed by atoms with van der Waals surface area (Å²) in [5.41, 5.74) is 1.23. The summed E-state index contributed by atoms with van der Waals surface area (Å²) in [5, 5.41) is 9.56. The molecule has 1 aliphatic rings. The van der Waals surface area contributed by atoms with E-state index in [4.69, 9.17) is 0 Å². The van der Waals surface area contributed by atoms with Gasteiger partial charge in [-0.05, 0) is 38.0 Å². The minimum atomic E-state index is -0.0922. The van der Waals surface area contributed by atoms with E-state index >= 15 is 0 Å². The highest BCUT2D eigenvalue weighted by atomic mass is 16.3. The Kier molecular flexibility index (Phi) is 2.72. The molecule has 1 nitrogen and oxygen atoms in total. The normalized spacial score (nSPS) is 38.6. The van der Waals surface area contributed by atoms with Crippen molar-refractivity contribution in [2.45, 2.75) is 39.2 Å². The SMILES string of the molecule is C=C(C)[C@@H]1CCC(C)[C@@H](O)C1. The van der Waals surface area contributed by atoms with Crippen LogP contribution in [0.15, 0.2) is 12.2 Å². The van der Waals surface area contributed by atoms with Crippen molar-refractivity contribution in [2.24, 2.45) is 11.8 Å². The van der Waals surface area contributed by atoms with Crippen LogP contribution in [0.25, 0.3) is 0 Å². The second kappa shape index (κ2) is 3.40. The van der Waals surface area contributed by atoms with E-state index in [1.165, 1.54) is 12.0 Å². The second-order valence-electron chi connectivity index (χ2n) is 3.90. The van der Waals surface area contributed by atoms with Gasteiger partial charge in [0.1, 0.15) is 0 Å². The van der Waals surface area contributed by atoms with Gasteiger partial charge in [0.25, 0.3) is 0 Å². The molecule has 3 atom stereocenters. The van der Waals surface area contributed by atoms with Gasteiger partial charge >= 0.3 is 0 Å². The van der Waals surface area contributed by atoms with Gasteiger partial charge in [-0.15, -0.1) is 0 Å². The average molecular weight is 154 g/mol. The number of rotatable bonds is 1. The third-order valence-corrected chi connectivity index (χ3v) is 2.85. The number of allylic oxidation sites excluding steroid dienone is 1. The molecule has 1 aliphatic carbocycles. The number of hydrogen-bond donors (Lipinski definition) is 1. The summed E-state index contributed by atoms with van der Waals surface area (Å²) in [6.45, 7) is 8.11. The second-order valence-corrected chi connectivity index (χ2v) is 3.90. The van der Waals surface area contributed by atoms with Crippen LogP contribution >= 0.6 is 0 Å². The molecule has 0 saturated heterocycles. The highest BCUT2D eigenvalue weighted by molar-refractivity contribution is 4.99. The van der Waals surface area contributed by atoms with Crippen molar-refractivity contribution in [2.75, 3.05) is 0 Å². The molecule has 0 aliphatic heterocycles. The Morgan fingerprint density at radius 3 is 2.55 bits per heavy atom. The van der Waals surface area contributed by atoms with Gasteiger partial charge < -0.3 is 5.11 Å². The van der Waals surface area contributed by atoms with Gasteiger partial charge in [0, 0.05) is 0 Å². The fourth-order valence-electron chi connectivity index (χ4n) is 1.75. The summed E-state index contributed by atoms with van der Waals surface area (Å²) in [6.07, 6.45) is 3.20. The first-order valence-electron chi connectivity index (χ1n) is 4.44. The number of aliphatic hydroxyl groups excluding tert-OH is 1. The van der Waals surface area contributed by atoms with Gasteiger partial charge in [0.15, 0.2) is 0 Å². The van der Waals surface area contributed by atoms with Gasteiger partial charge in [-0.3, -0.25) is 0 Å². The lowest BCUT2D eigenvalue weighted by Crippen LogP contribution is -2.27. The molecule has 0 radical (unpaired) electrons. The maximum Gasteiger partial charge on any atom is 0.0571 e. The Labute approximate surface area is 69.1 Å². The van der Waals surface area contributed by atoms with E-state index in [1.54, 1.807) is 0 Å². The maximum atomic E-state index is 9.56. The molecule has 1 rings (SSSR count). The third kappa shape index (κ3) is 2.06. The van der Waals surface area contributed by atoms with Crippen molar-refractivity contribution in [1.29, 1.82) is 0 Å². The van der Waals surface area contributed by atoms with E-state index in [2.05, 4.69) is 20.4 Å². The molecule has 1 heteroatoms. The van der Waals surface area contributed by atoms with Crippen LogP contribution in [-0.4, -0.2) is 11.2 Å². The highest BCUT2D eigenvalue weighted by Crippen LogP contribution is 2.32. The molecule has 0 aromatic carbocycles. The Bertz CT molecular complexity index is 151. The van der Waals surface area contributed by atoms with Crippen LogP contribution in [0.4, 0.5) is 0 Å². The summed E-state index contributed by atoms with van der Waals surface area (Å²) < 4.78 is 0. The fourth-order valence-corrected chi connectivity index (χ4v) is 1.75. The molecule has 1 unspecified atom stereocenters. The monoisotopic (exact) mass is 154 g/mol. The summed E-state index contributed by atoms with van der Waals surface area (Å²) in [5.74, 6) is 1.06. The van der Waals surface area contributed by atoms with Gasteiger partial charge in [0.2, 0.25) is 0 Å². The minimum Gasteiger partial charge on any atom is -0.393 e.